The maximum Gasteiger partial charge on any atom is 0.252 e. The SMILES string of the molecule is Cc1ccnc(Cn2ccc3ccc(CCCc4[nH]c5ccccc5c4C4NC(=O)c5ccc(O)cc54)cc32)c1. The van der Waals surface area contributed by atoms with Gasteiger partial charge in [-0.3, -0.25) is 9.78 Å². The average molecular weight is 527 g/mol. The van der Waals surface area contributed by atoms with E-state index in [0.29, 0.717) is 5.56 Å². The molecule has 3 N–H and O–H groups in total. The first-order valence-electron chi connectivity index (χ1n) is 13.8. The van der Waals surface area contributed by atoms with E-state index in [0.717, 1.165) is 59.2 Å². The van der Waals surface area contributed by atoms with Crippen LogP contribution in [0.15, 0.2) is 91.3 Å². The maximum absolute atomic E-state index is 12.8. The molecule has 0 radical (unpaired) electrons. The highest BCUT2D eigenvalue weighted by Gasteiger charge is 2.33. The van der Waals surface area contributed by atoms with Gasteiger partial charge in [-0.05, 0) is 96.8 Å². The lowest BCUT2D eigenvalue weighted by Crippen LogP contribution is -2.20. The zero-order valence-corrected chi connectivity index (χ0v) is 22.3. The first-order valence-corrected chi connectivity index (χ1v) is 13.8. The van der Waals surface area contributed by atoms with Crippen LogP contribution in [0.25, 0.3) is 21.8 Å². The molecular weight excluding hydrogens is 496 g/mol. The second kappa shape index (κ2) is 9.72. The molecule has 0 aliphatic carbocycles. The van der Waals surface area contributed by atoms with E-state index >= 15 is 0 Å². The van der Waals surface area contributed by atoms with Crippen LogP contribution in [0.2, 0.25) is 0 Å². The van der Waals surface area contributed by atoms with E-state index in [-0.39, 0.29) is 17.7 Å². The number of aryl methyl sites for hydroxylation is 3. The van der Waals surface area contributed by atoms with Gasteiger partial charge in [0.2, 0.25) is 0 Å². The average Bonchev–Trinajstić information content (AvgIpc) is 3.61. The van der Waals surface area contributed by atoms with Crippen molar-refractivity contribution in [1.82, 2.24) is 19.9 Å². The summed E-state index contributed by atoms with van der Waals surface area (Å²) in [6, 6.07) is 26.0. The van der Waals surface area contributed by atoms with Crippen LogP contribution < -0.4 is 5.32 Å². The molecule has 4 heterocycles. The van der Waals surface area contributed by atoms with E-state index < -0.39 is 0 Å². The van der Waals surface area contributed by atoms with E-state index in [4.69, 9.17) is 0 Å². The highest BCUT2D eigenvalue weighted by Crippen LogP contribution is 2.39. The number of phenols is 1. The van der Waals surface area contributed by atoms with Crippen molar-refractivity contribution in [3.05, 3.63) is 130 Å². The number of H-pyrrole nitrogens is 1. The fourth-order valence-electron chi connectivity index (χ4n) is 6.11. The number of phenolic OH excluding ortho intramolecular Hbond substituents is 1. The lowest BCUT2D eigenvalue weighted by molar-refractivity contribution is 0.0960. The molecule has 3 aromatic carbocycles. The number of nitrogens with zero attached hydrogens (tertiary/aromatic N) is 2. The van der Waals surface area contributed by atoms with E-state index in [2.05, 4.69) is 75.4 Å². The predicted molar refractivity (Wildman–Crippen MR) is 158 cm³/mol. The number of carbonyl (C=O) groups is 1. The lowest BCUT2D eigenvalue weighted by Gasteiger charge is -2.15. The van der Waals surface area contributed by atoms with E-state index in [1.165, 1.54) is 22.0 Å². The van der Waals surface area contributed by atoms with Gasteiger partial charge >= 0.3 is 0 Å². The molecule has 1 amide bonds. The highest BCUT2D eigenvalue weighted by atomic mass is 16.3. The molecule has 6 nitrogen and oxygen atoms in total. The number of aromatic nitrogens is 3. The molecule has 0 fully saturated rings. The number of amides is 1. The Bertz CT molecular complexity index is 1900. The van der Waals surface area contributed by atoms with Crippen LogP contribution in [0.3, 0.4) is 0 Å². The standard InChI is InChI=1S/C34H30N4O2/c1-21-13-15-35-24(17-21)20-38-16-14-23-10-9-22(18-31(23)38)5-4-8-30-32(27-6-2-3-7-29(27)36-30)33-28-19-25(39)11-12-26(28)34(40)37-33/h2-3,6-7,9-19,33,36,39H,4-5,8,20H2,1H3,(H,37,40). The van der Waals surface area contributed by atoms with E-state index in [1.807, 2.05) is 24.4 Å². The van der Waals surface area contributed by atoms with Crippen molar-refractivity contribution in [3.8, 4) is 5.75 Å². The molecule has 1 atom stereocenters. The van der Waals surface area contributed by atoms with Gasteiger partial charge in [0.1, 0.15) is 5.75 Å². The summed E-state index contributed by atoms with van der Waals surface area (Å²) >= 11 is 0. The second-order valence-electron chi connectivity index (χ2n) is 10.8. The quantitative estimate of drug-likeness (QED) is 0.220. The molecule has 1 aliphatic heterocycles. The summed E-state index contributed by atoms with van der Waals surface area (Å²) in [5, 5.41) is 15.7. The van der Waals surface area contributed by atoms with Crippen LogP contribution in [0.5, 0.6) is 5.75 Å². The van der Waals surface area contributed by atoms with Crippen LogP contribution in [0.1, 0.15) is 56.5 Å². The molecule has 0 saturated carbocycles. The monoisotopic (exact) mass is 526 g/mol. The van der Waals surface area contributed by atoms with E-state index in [1.54, 1.807) is 18.2 Å². The zero-order valence-electron chi connectivity index (χ0n) is 22.3. The number of carbonyl (C=O) groups excluding carboxylic acids is 1. The minimum atomic E-state index is -0.296. The Kier molecular flexibility index (Phi) is 5.89. The normalized spacial score (nSPS) is 14.6. The number of nitrogens with one attached hydrogen (secondary N) is 2. The van der Waals surface area contributed by atoms with Crippen molar-refractivity contribution in [3.63, 3.8) is 0 Å². The Hall–Kier alpha value is -4.84. The summed E-state index contributed by atoms with van der Waals surface area (Å²) in [6.07, 6.45) is 6.75. The van der Waals surface area contributed by atoms with Crippen molar-refractivity contribution < 1.29 is 9.90 Å². The molecule has 6 heteroatoms. The third-order valence-electron chi connectivity index (χ3n) is 8.02. The number of rotatable bonds is 7. The predicted octanol–water partition coefficient (Wildman–Crippen LogP) is 6.59. The molecule has 198 valence electrons. The highest BCUT2D eigenvalue weighted by molar-refractivity contribution is 6.01. The van der Waals surface area contributed by atoms with Crippen LogP contribution >= 0.6 is 0 Å². The Balaban J connectivity index is 1.15. The first kappa shape index (κ1) is 24.2. The number of pyridine rings is 1. The summed E-state index contributed by atoms with van der Waals surface area (Å²) in [4.78, 5) is 20.9. The second-order valence-corrected chi connectivity index (χ2v) is 10.8. The van der Waals surface area contributed by atoms with Crippen molar-refractivity contribution in [2.24, 2.45) is 0 Å². The van der Waals surface area contributed by atoms with Crippen molar-refractivity contribution in [2.75, 3.05) is 0 Å². The maximum atomic E-state index is 12.8. The number of hydrogen-bond acceptors (Lipinski definition) is 3. The minimum Gasteiger partial charge on any atom is -0.508 e. The Morgan fingerprint density at radius 2 is 1.88 bits per heavy atom. The van der Waals surface area contributed by atoms with Crippen molar-refractivity contribution >= 4 is 27.7 Å². The smallest absolute Gasteiger partial charge is 0.252 e. The van der Waals surface area contributed by atoms with Gasteiger partial charge in [0.25, 0.3) is 5.91 Å². The van der Waals surface area contributed by atoms with Crippen LogP contribution in [-0.4, -0.2) is 25.5 Å². The molecule has 40 heavy (non-hydrogen) atoms. The minimum absolute atomic E-state index is 0.103. The van der Waals surface area contributed by atoms with Crippen molar-refractivity contribution in [1.29, 1.82) is 0 Å². The third-order valence-corrected chi connectivity index (χ3v) is 8.02. The lowest BCUT2D eigenvalue weighted by atomic mass is 9.94. The number of benzene rings is 3. The Morgan fingerprint density at radius 3 is 2.77 bits per heavy atom. The number of aromatic hydroxyl groups is 1. The Morgan fingerprint density at radius 1 is 0.975 bits per heavy atom. The van der Waals surface area contributed by atoms with Gasteiger partial charge < -0.3 is 20.0 Å². The number of hydrogen-bond donors (Lipinski definition) is 3. The molecular formula is C34H30N4O2. The van der Waals surface area contributed by atoms with Crippen LogP contribution in [0, 0.1) is 6.92 Å². The molecule has 6 aromatic rings. The molecule has 1 unspecified atom stereocenters. The Labute approximate surface area is 232 Å². The zero-order chi connectivity index (χ0) is 27.2. The summed E-state index contributed by atoms with van der Waals surface area (Å²) in [5.41, 5.74) is 9.50. The molecule has 0 saturated heterocycles. The third kappa shape index (κ3) is 4.31. The number of para-hydroxylation sites is 1. The largest absolute Gasteiger partial charge is 0.508 e. The molecule has 0 bridgehead atoms. The van der Waals surface area contributed by atoms with Gasteiger partial charge in [-0.2, -0.15) is 0 Å². The first-order chi connectivity index (χ1) is 19.5. The van der Waals surface area contributed by atoms with Gasteiger partial charge in [0, 0.05) is 45.6 Å². The van der Waals surface area contributed by atoms with E-state index in [9.17, 15) is 9.90 Å². The summed E-state index contributed by atoms with van der Waals surface area (Å²) < 4.78 is 2.27. The van der Waals surface area contributed by atoms with Gasteiger partial charge in [0.05, 0.1) is 18.3 Å². The van der Waals surface area contributed by atoms with Gasteiger partial charge in [-0.25, -0.2) is 0 Å². The molecule has 1 aliphatic rings. The summed E-state index contributed by atoms with van der Waals surface area (Å²) in [6.45, 7) is 2.84. The van der Waals surface area contributed by atoms with Gasteiger partial charge in [0.15, 0.2) is 0 Å². The fraction of sp³-hybridized carbons (Fsp3) is 0.176. The van der Waals surface area contributed by atoms with Crippen molar-refractivity contribution in [2.45, 2.75) is 38.8 Å². The summed E-state index contributed by atoms with van der Waals surface area (Å²) in [5.74, 6) is 0.0633. The van der Waals surface area contributed by atoms with Gasteiger partial charge in [-0.1, -0.05) is 30.3 Å². The number of aromatic amines is 1. The van der Waals surface area contributed by atoms with Crippen LogP contribution in [0.4, 0.5) is 0 Å². The fourth-order valence-corrected chi connectivity index (χ4v) is 6.11. The molecule has 3 aromatic heterocycles. The van der Waals surface area contributed by atoms with Crippen LogP contribution in [-0.2, 0) is 19.4 Å². The topological polar surface area (TPSA) is 82.9 Å². The molecule has 0 spiro atoms. The van der Waals surface area contributed by atoms with Gasteiger partial charge in [-0.15, -0.1) is 0 Å². The molecule has 7 rings (SSSR count). The number of fused-ring (bicyclic) bond motifs is 3. The summed E-state index contributed by atoms with van der Waals surface area (Å²) in [7, 11) is 0.